The maximum atomic E-state index is 10.9. The van der Waals surface area contributed by atoms with Crippen molar-refractivity contribution in [1.29, 1.82) is 0 Å². The predicted molar refractivity (Wildman–Crippen MR) is 200 cm³/mol. The Morgan fingerprint density at radius 3 is 1.55 bits per heavy atom. The molecule has 5 heteroatoms. The van der Waals surface area contributed by atoms with Crippen LogP contribution >= 0.6 is 31.9 Å². The van der Waals surface area contributed by atoms with Crippen LogP contribution in [0.2, 0.25) is 0 Å². The lowest BCUT2D eigenvalue weighted by atomic mass is 9.53. The zero-order chi connectivity index (χ0) is 32.4. The molecule has 0 heterocycles. The van der Waals surface area contributed by atoms with Crippen LogP contribution in [0, 0.1) is 0 Å². The van der Waals surface area contributed by atoms with Crippen molar-refractivity contribution in [1.82, 2.24) is 10.6 Å². The number of rotatable bonds is 8. The average Bonchev–Trinajstić information content (AvgIpc) is 3.13. The van der Waals surface area contributed by atoms with E-state index in [1.807, 2.05) is 6.07 Å². The van der Waals surface area contributed by atoms with Crippen LogP contribution in [-0.4, -0.2) is 22.3 Å². The summed E-state index contributed by atoms with van der Waals surface area (Å²) in [6.07, 6.45) is 14.9. The first-order chi connectivity index (χ1) is 22.8. The molecule has 0 spiro atoms. The number of hydrogen-bond donors (Lipinski definition) is 3. The Morgan fingerprint density at radius 2 is 1.06 bits per heavy atom. The van der Waals surface area contributed by atoms with Crippen molar-refractivity contribution < 1.29 is 5.11 Å². The van der Waals surface area contributed by atoms with Crippen molar-refractivity contribution >= 4 is 31.9 Å². The lowest BCUT2D eigenvalue weighted by Crippen LogP contribution is -2.64. The molecule has 4 saturated carbocycles. The number of nitrogens with one attached hydrogen (secondary N) is 2. The molecule has 1 atom stereocenters. The smallest absolute Gasteiger partial charge is 0.0730 e. The van der Waals surface area contributed by atoms with Gasteiger partial charge in [-0.25, -0.2) is 0 Å². The van der Waals surface area contributed by atoms with Gasteiger partial charge >= 0.3 is 0 Å². The minimum atomic E-state index is -0.271. The Balaban J connectivity index is 0.000000150. The first kappa shape index (κ1) is 33.0. The fourth-order valence-electron chi connectivity index (χ4n) is 8.73. The highest BCUT2D eigenvalue weighted by Gasteiger charge is 2.54. The van der Waals surface area contributed by atoms with Gasteiger partial charge < -0.3 is 15.7 Å². The van der Waals surface area contributed by atoms with E-state index in [-0.39, 0.29) is 28.0 Å². The van der Waals surface area contributed by atoms with Crippen molar-refractivity contribution in [3.05, 3.63) is 153 Å². The molecule has 0 saturated heterocycles. The van der Waals surface area contributed by atoms with Gasteiger partial charge in [0.1, 0.15) is 0 Å². The quantitative estimate of drug-likeness (QED) is 0.157. The summed E-state index contributed by atoms with van der Waals surface area (Å²) in [6.45, 7) is 1.79. The van der Waals surface area contributed by atoms with Crippen LogP contribution in [-0.2, 0) is 23.9 Å². The molecule has 3 nitrogen and oxygen atoms in total. The number of hydrogen-bond acceptors (Lipinski definition) is 3. The number of fused-ring (bicyclic) bond motifs is 5. The summed E-state index contributed by atoms with van der Waals surface area (Å²) < 4.78 is 2.28. The highest BCUT2D eigenvalue weighted by molar-refractivity contribution is 9.10. The van der Waals surface area contributed by atoms with Gasteiger partial charge in [0.05, 0.1) is 6.10 Å². The van der Waals surface area contributed by atoms with Gasteiger partial charge in [-0.3, -0.25) is 0 Å². The second kappa shape index (κ2) is 13.8. The second-order valence-electron chi connectivity index (χ2n) is 14.5. The molecule has 4 bridgehead atoms. The van der Waals surface area contributed by atoms with Gasteiger partial charge in [-0.1, -0.05) is 129 Å². The maximum Gasteiger partial charge on any atom is 0.0730 e. The third kappa shape index (κ3) is 6.98. The number of allylic oxidation sites excluding steroid dienone is 1. The molecule has 1 unspecified atom stereocenters. The summed E-state index contributed by atoms with van der Waals surface area (Å²) in [5.74, 6) is 0. The van der Waals surface area contributed by atoms with Crippen LogP contribution in [0.25, 0.3) is 0 Å². The molecule has 4 fully saturated rings. The van der Waals surface area contributed by atoms with Crippen LogP contribution in [0.4, 0.5) is 0 Å². The maximum absolute atomic E-state index is 10.9. The monoisotopic (exact) mass is 752 g/mol. The van der Waals surface area contributed by atoms with Crippen molar-refractivity contribution in [2.24, 2.45) is 0 Å². The van der Waals surface area contributed by atoms with Crippen LogP contribution in [0.1, 0.15) is 80.0 Å². The molecule has 0 aromatic heterocycles. The van der Waals surface area contributed by atoms with Gasteiger partial charge in [-0.05, 0) is 110 Å². The van der Waals surface area contributed by atoms with Crippen molar-refractivity contribution in [2.75, 3.05) is 0 Å². The van der Waals surface area contributed by atoms with E-state index in [4.69, 9.17) is 0 Å². The van der Waals surface area contributed by atoms with Crippen LogP contribution in [0.15, 0.2) is 130 Å². The molecular formula is C42H46Br2N2O. The topological polar surface area (TPSA) is 44.3 Å². The molecular weight excluding hydrogens is 708 g/mol. The molecule has 3 N–H and O–H groups in total. The second-order valence-corrected chi connectivity index (χ2v) is 16.3. The highest BCUT2D eigenvalue weighted by atomic mass is 79.9. The predicted octanol–water partition coefficient (Wildman–Crippen LogP) is 9.91. The molecule has 0 radical (unpaired) electrons. The first-order valence-electron chi connectivity index (χ1n) is 17.3. The number of halogens is 2. The fraction of sp³-hybridized carbons (Fsp3) is 0.381. The van der Waals surface area contributed by atoms with Gasteiger partial charge in [0.2, 0.25) is 0 Å². The molecule has 10 rings (SSSR count). The molecule has 0 amide bonds. The summed E-state index contributed by atoms with van der Waals surface area (Å²) >= 11 is 7.06. The lowest BCUT2D eigenvalue weighted by Gasteiger charge is -2.57. The zero-order valence-corrected chi connectivity index (χ0v) is 30.3. The molecule has 0 aliphatic heterocycles. The Hall–Kier alpha value is -2.54. The third-order valence-corrected chi connectivity index (χ3v) is 13.0. The minimum Gasteiger partial charge on any atom is -0.391 e. The first-order valence-corrected chi connectivity index (χ1v) is 18.9. The van der Waals surface area contributed by atoms with E-state index < -0.39 is 0 Å². The molecule has 47 heavy (non-hydrogen) atoms. The van der Waals surface area contributed by atoms with Crippen molar-refractivity contribution in [3.63, 3.8) is 0 Å². The van der Waals surface area contributed by atoms with E-state index in [1.165, 1.54) is 47.9 Å². The summed E-state index contributed by atoms with van der Waals surface area (Å²) in [5.41, 5.74) is 6.03. The van der Waals surface area contributed by atoms with Crippen molar-refractivity contribution in [3.8, 4) is 0 Å². The van der Waals surface area contributed by atoms with E-state index in [9.17, 15) is 5.11 Å². The summed E-state index contributed by atoms with van der Waals surface area (Å²) in [4.78, 5) is 0. The van der Waals surface area contributed by atoms with E-state index in [2.05, 4.69) is 158 Å². The Bertz CT molecular complexity index is 1640. The van der Waals surface area contributed by atoms with E-state index >= 15 is 0 Å². The molecule has 6 aliphatic carbocycles. The molecule has 4 aromatic carbocycles. The Labute approximate surface area is 297 Å². The lowest BCUT2D eigenvalue weighted by molar-refractivity contribution is -0.0551. The Morgan fingerprint density at radius 1 is 0.553 bits per heavy atom. The minimum absolute atomic E-state index is 0.104. The van der Waals surface area contributed by atoms with E-state index in [0.717, 1.165) is 54.1 Å². The average molecular weight is 755 g/mol. The molecule has 4 aromatic rings. The standard InChI is InChI=1S/C21H24BrNO.C21H22BrN/c22-18-8-6-17(7-9-18)20-10-12-21(13-11-20,19(24)14-20)23-15-16-4-2-1-3-5-16;22-19-8-6-18(7-9-19)20-10-13-21(14-11-20,15-12-20)23-16-17-4-2-1-3-5-17/h1-9,19,23-24H,10-15H2;1-10,13,23H,11-12,14-16H2. The van der Waals surface area contributed by atoms with Crippen LogP contribution in [0.5, 0.6) is 0 Å². The van der Waals surface area contributed by atoms with E-state index in [0.29, 0.717) is 0 Å². The van der Waals surface area contributed by atoms with Gasteiger partial charge in [0, 0.05) is 38.5 Å². The van der Waals surface area contributed by atoms with Gasteiger partial charge in [0.15, 0.2) is 0 Å². The SMILES string of the molecule is Brc1ccc(C23C=CC(NCc4ccccc4)(CC2)CC3)cc1.OC1CC2(c3ccc(Br)cc3)CCC1(NCc1ccccc1)CC2. The van der Waals surface area contributed by atoms with Crippen LogP contribution in [0.3, 0.4) is 0 Å². The van der Waals surface area contributed by atoms with Gasteiger partial charge in [0.25, 0.3) is 0 Å². The van der Waals surface area contributed by atoms with Gasteiger partial charge in [-0.15, -0.1) is 0 Å². The largest absolute Gasteiger partial charge is 0.391 e. The number of aliphatic hydroxyl groups is 1. The Kier molecular flexibility index (Phi) is 9.66. The zero-order valence-electron chi connectivity index (χ0n) is 27.1. The van der Waals surface area contributed by atoms with Gasteiger partial charge in [-0.2, -0.15) is 0 Å². The number of aliphatic hydroxyl groups excluding tert-OH is 1. The van der Waals surface area contributed by atoms with Crippen molar-refractivity contribution in [2.45, 2.75) is 98.9 Å². The molecule has 6 aliphatic rings. The fourth-order valence-corrected chi connectivity index (χ4v) is 9.26. The third-order valence-electron chi connectivity index (χ3n) is 11.9. The summed E-state index contributed by atoms with van der Waals surface area (Å²) in [7, 11) is 0. The van der Waals surface area contributed by atoms with E-state index in [1.54, 1.807) is 0 Å². The molecule has 244 valence electrons. The normalized spacial score (nSPS) is 30.5. The summed E-state index contributed by atoms with van der Waals surface area (Å²) in [5, 5.41) is 18.5. The highest BCUT2D eigenvalue weighted by Crippen LogP contribution is 2.54. The summed E-state index contributed by atoms with van der Waals surface area (Å²) in [6, 6.07) is 38.8. The van der Waals surface area contributed by atoms with Crippen LogP contribution < -0.4 is 10.6 Å². The number of benzene rings is 4.